The zero-order valence-corrected chi connectivity index (χ0v) is 24.6. The first-order valence-electron chi connectivity index (χ1n) is 13.6. The Morgan fingerprint density at radius 2 is 1.88 bits per heavy atom. The lowest BCUT2D eigenvalue weighted by molar-refractivity contribution is -0.130. The molecule has 2 atom stereocenters. The predicted octanol–water partition coefficient (Wildman–Crippen LogP) is 3.42. The Morgan fingerprint density at radius 1 is 1.15 bits per heavy atom. The van der Waals surface area contributed by atoms with E-state index in [1.54, 1.807) is 39.2 Å². The zero-order chi connectivity index (χ0) is 29.9. The minimum atomic E-state index is -1.12. The number of hydrogen-bond donors (Lipinski definition) is 3. The van der Waals surface area contributed by atoms with Crippen molar-refractivity contribution in [1.29, 1.82) is 0 Å². The smallest absolute Gasteiger partial charge is 0.234 e. The van der Waals surface area contributed by atoms with Gasteiger partial charge in [0.25, 0.3) is 0 Å². The molecule has 0 bridgehead atoms. The van der Waals surface area contributed by atoms with E-state index in [9.17, 15) is 19.1 Å². The van der Waals surface area contributed by atoms with Gasteiger partial charge in [-0.25, -0.2) is 4.39 Å². The molecule has 2 radical (unpaired) electrons. The standard InChI is InChI=1S/C30H43BFN3O5/c1-7-27(37)34-29(38)28(31)33-14-24-22(17-39-6)9-8-10-26(24)40-18-23-13-21(11-12-25(23)32)16-35(15-20(2)36)19-30(3,4)5/h8-13,20,28,33,36H,7,14-19H2,1-6H3,(H,34,37,38). The van der Waals surface area contributed by atoms with Crippen molar-refractivity contribution in [2.75, 3.05) is 20.2 Å². The summed E-state index contributed by atoms with van der Waals surface area (Å²) >= 11 is 0. The normalized spacial score (nSPS) is 13.2. The number of aliphatic hydroxyl groups excluding tert-OH is 1. The first kappa shape index (κ1) is 33.4. The average Bonchev–Trinajstić information content (AvgIpc) is 2.86. The van der Waals surface area contributed by atoms with Crippen molar-refractivity contribution in [3.05, 3.63) is 64.5 Å². The highest BCUT2D eigenvalue weighted by Crippen LogP contribution is 2.26. The molecule has 2 unspecified atom stereocenters. The molecule has 0 aliphatic rings. The van der Waals surface area contributed by atoms with Crippen LogP contribution in [0.5, 0.6) is 5.75 Å². The van der Waals surface area contributed by atoms with E-state index in [0.29, 0.717) is 36.6 Å². The molecule has 0 spiro atoms. The molecule has 2 aromatic rings. The van der Waals surface area contributed by atoms with Crippen molar-refractivity contribution in [1.82, 2.24) is 15.5 Å². The van der Waals surface area contributed by atoms with Gasteiger partial charge in [0.05, 0.1) is 12.7 Å². The Hall–Kier alpha value is -2.79. The van der Waals surface area contributed by atoms with E-state index >= 15 is 0 Å². The molecule has 2 rings (SSSR count). The molecule has 218 valence electrons. The number of carbonyl (C=O) groups is 2. The van der Waals surface area contributed by atoms with E-state index in [4.69, 9.17) is 17.3 Å². The maximum Gasteiger partial charge on any atom is 0.234 e. The summed E-state index contributed by atoms with van der Waals surface area (Å²) in [5.74, 6) is -2.05. The summed E-state index contributed by atoms with van der Waals surface area (Å²) in [5, 5.41) is 15.1. The Morgan fingerprint density at radius 3 is 2.50 bits per heavy atom. The Balaban J connectivity index is 2.20. The van der Waals surface area contributed by atoms with Crippen LogP contribution < -0.4 is 15.4 Å². The highest BCUT2D eigenvalue weighted by atomic mass is 19.1. The second-order valence-electron chi connectivity index (χ2n) is 11.2. The fraction of sp³-hybridized carbons (Fsp3) is 0.533. The van der Waals surface area contributed by atoms with Crippen LogP contribution in [0.25, 0.3) is 0 Å². The number of carbonyl (C=O) groups excluding carboxylic acids is 2. The van der Waals surface area contributed by atoms with Crippen LogP contribution in [0, 0.1) is 11.2 Å². The molecular weight excluding hydrogens is 512 g/mol. The van der Waals surface area contributed by atoms with Crippen LogP contribution in [0.1, 0.15) is 63.3 Å². The third-order valence-corrected chi connectivity index (χ3v) is 6.01. The Labute approximate surface area is 239 Å². The van der Waals surface area contributed by atoms with Gasteiger partial charge in [-0.05, 0) is 41.7 Å². The topological polar surface area (TPSA) is 100 Å². The van der Waals surface area contributed by atoms with E-state index in [2.05, 4.69) is 36.3 Å². The summed E-state index contributed by atoms with van der Waals surface area (Å²) in [6.45, 7) is 12.1. The summed E-state index contributed by atoms with van der Waals surface area (Å²) in [4.78, 5) is 25.9. The van der Waals surface area contributed by atoms with Gasteiger partial charge in [0.2, 0.25) is 11.8 Å². The Bertz CT molecular complexity index is 1120. The van der Waals surface area contributed by atoms with Crippen molar-refractivity contribution < 1.29 is 28.6 Å². The van der Waals surface area contributed by atoms with Gasteiger partial charge in [-0.1, -0.05) is 45.9 Å². The molecule has 0 heterocycles. The second-order valence-corrected chi connectivity index (χ2v) is 11.2. The summed E-state index contributed by atoms with van der Waals surface area (Å²) in [7, 11) is 7.51. The monoisotopic (exact) mass is 555 g/mol. The quantitative estimate of drug-likeness (QED) is 0.290. The van der Waals surface area contributed by atoms with E-state index in [1.807, 2.05) is 12.1 Å². The lowest BCUT2D eigenvalue weighted by atomic mass is 9.94. The van der Waals surface area contributed by atoms with Gasteiger partial charge in [-0.15, -0.1) is 0 Å². The number of rotatable bonds is 15. The molecule has 0 aliphatic carbocycles. The highest BCUT2D eigenvalue weighted by molar-refractivity contribution is 6.25. The fourth-order valence-electron chi connectivity index (χ4n) is 4.33. The third-order valence-electron chi connectivity index (χ3n) is 6.01. The molecule has 0 aromatic heterocycles. The summed E-state index contributed by atoms with van der Waals surface area (Å²) in [6.07, 6.45) is -0.316. The minimum absolute atomic E-state index is 0.0175. The molecule has 0 saturated heterocycles. The predicted molar refractivity (Wildman–Crippen MR) is 154 cm³/mol. The number of amides is 2. The number of hydrogen-bond acceptors (Lipinski definition) is 7. The number of benzene rings is 2. The maximum atomic E-state index is 14.8. The van der Waals surface area contributed by atoms with Crippen LogP contribution >= 0.6 is 0 Å². The van der Waals surface area contributed by atoms with Gasteiger partial charge in [0, 0.05) is 56.8 Å². The van der Waals surface area contributed by atoms with E-state index in [0.717, 1.165) is 17.7 Å². The van der Waals surface area contributed by atoms with Crippen LogP contribution in [0.15, 0.2) is 36.4 Å². The fourth-order valence-corrected chi connectivity index (χ4v) is 4.33. The zero-order valence-electron chi connectivity index (χ0n) is 24.6. The van der Waals surface area contributed by atoms with Crippen molar-refractivity contribution in [3.63, 3.8) is 0 Å². The van der Waals surface area contributed by atoms with Gasteiger partial charge >= 0.3 is 0 Å². The van der Waals surface area contributed by atoms with E-state index in [-0.39, 0.29) is 30.8 Å². The third kappa shape index (κ3) is 11.4. The first-order valence-corrected chi connectivity index (χ1v) is 13.6. The number of halogens is 1. The van der Waals surface area contributed by atoms with Crippen LogP contribution in [0.2, 0.25) is 0 Å². The van der Waals surface area contributed by atoms with Crippen LogP contribution in [-0.2, 0) is 40.6 Å². The van der Waals surface area contributed by atoms with Gasteiger partial charge in [-0.2, -0.15) is 0 Å². The lowest BCUT2D eigenvalue weighted by Crippen LogP contribution is -2.46. The molecule has 10 heteroatoms. The summed E-state index contributed by atoms with van der Waals surface area (Å²) in [5.41, 5.74) is 2.87. The number of nitrogens with zero attached hydrogens (tertiary/aromatic N) is 1. The molecular formula is C30H43BFN3O5. The molecule has 3 N–H and O–H groups in total. The second kappa shape index (κ2) is 15.9. The molecule has 8 nitrogen and oxygen atoms in total. The van der Waals surface area contributed by atoms with E-state index < -0.39 is 23.9 Å². The maximum absolute atomic E-state index is 14.8. The van der Waals surface area contributed by atoms with Crippen LogP contribution in [-0.4, -0.2) is 61.9 Å². The molecule has 0 saturated carbocycles. The van der Waals surface area contributed by atoms with Gasteiger partial charge in [-0.3, -0.25) is 19.8 Å². The molecule has 2 aromatic carbocycles. The van der Waals surface area contributed by atoms with Crippen molar-refractivity contribution in [2.45, 2.75) is 79.4 Å². The van der Waals surface area contributed by atoms with Crippen molar-refractivity contribution in [2.24, 2.45) is 5.41 Å². The SMILES string of the molecule is [B]C(NCc1c(COC)cccc1OCc1cc(CN(CC(C)O)CC(C)(C)C)ccc1F)C(=O)NC(=O)CC. The number of methoxy groups -OCH3 is 1. The van der Waals surface area contributed by atoms with Crippen molar-refractivity contribution in [3.8, 4) is 5.75 Å². The number of nitrogens with one attached hydrogen (secondary N) is 2. The molecule has 0 aliphatic heterocycles. The van der Waals surface area contributed by atoms with Gasteiger partial charge < -0.3 is 19.9 Å². The number of aliphatic hydroxyl groups is 1. The molecule has 2 amide bonds. The van der Waals surface area contributed by atoms with Crippen LogP contribution in [0.3, 0.4) is 0 Å². The number of ether oxygens (including phenoxy) is 2. The van der Waals surface area contributed by atoms with E-state index in [1.165, 1.54) is 6.07 Å². The minimum Gasteiger partial charge on any atom is -0.488 e. The lowest BCUT2D eigenvalue weighted by Gasteiger charge is -2.31. The van der Waals surface area contributed by atoms with Gasteiger partial charge in [0.15, 0.2) is 0 Å². The van der Waals surface area contributed by atoms with Crippen molar-refractivity contribution >= 4 is 19.7 Å². The average molecular weight is 556 g/mol. The summed E-state index contributed by atoms with van der Waals surface area (Å²) < 4.78 is 26.2. The number of imide groups is 1. The molecule has 0 fully saturated rings. The van der Waals surface area contributed by atoms with Crippen LogP contribution in [0.4, 0.5) is 4.39 Å². The molecule has 40 heavy (non-hydrogen) atoms. The largest absolute Gasteiger partial charge is 0.488 e. The summed E-state index contributed by atoms with van der Waals surface area (Å²) in [6, 6.07) is 10.4. The van der Waals surface area contributed by atoms with Gasteiger partial charge in [0.1, 0.15) is 26.0 Å². The highest BCUT2D eigenvalue weighted by Gasteiger charge is 2.20. The first-order chi connectivity index (χ1) is 18.8. The Kier molecular flexibility index (Phi) is 13.3.